The van der Waals surface area contributed by atoms with E-state index in [0.29, 0.717) is 22.6 Å². The molecule has 1 heterocycles. The Morgan fingerprint density at radius 1 is 1.27 bits per heavy atom. The largest absolute Gasteiger partial charge is 0.287 e. The minimum absolute atomic E-state index is 0.00309. The highest BCUT2D eigenvalue weighted by Gasteiger charge is 2.11. The minimum Gasteiger partial charge on any atom is -0.280 e. The Bertz CT molecular complexity index is 1040. The average molecular weight is 371 g/mol. The maximum absolute atomic E-state index is 13.8. The molecule has 1 aromatic heterocycles. The lowest BCUT2D eigenvalue weighted by Gasteiger charge is -2.08. The van der Waals surface area contributed by atoms with Crippen LogP contribution in [0.25, 0.3) is 5.69 Å². The Morgan fingerprint density at radius 3 is 2.81 bits per heavy atom. The maximum atomic E-state index is 13.8. The van der Waals surface area contributed by atoms with Crippen LogP contribution in [0, 0.1) is 22.9 Å². The van der Waals surface area contributed by atoms with Gasteiger partial charge in [0.1, 0.15) is 5.82 Å². The van der Waals surface area contributed by atoms with Crippen LogP contribution in [0.2, 0.25) is 0 Å². The van der Waals surface area contributed by atoms with E-state index < -0.39 is 10.7 Å². The van der Waals surface area contributed by atoms with Gasteiger partial charge < -0.3 is 0 Å². The predicted molar refractivity (Wildman–Crippen MR) is 97.2 cm³/mol. The van der Waals surface area contributed by atoms with Crippen molar-refractivity contribution in [3.63, 3.8) is 0 Å². The molecule has 0 aliphatic carbocycles. The van der Waals surface area contributed by atoms with Crippen molar-refractivity contribution in [1.29, 1.82) is 0 Å². The van der Waals surface area contributed by atoms with Crippen LogP contribution in [0.3, 0.4) is 0 Å². The number of rotatable bonds is 5. The van der Waals surface area contributed by atoms with Crippen LogP contribution < -0.4 is 5.56 Å². The van der Waals surface area contributed by atoms with E-state index >= 15 is 0 Å². The average Bonchev–Trinajstić information content (AvgIpc) is 2.63. The first-order valence-corrected chi connectivity index (χ1v) is 8.64. The Labute approximate surface area is 152 Å². The molecule has 3 aromatic rings. The third-order valence-corrected chi connectivity index (χ3v) is 4.77. The lowest BCUT2D eigenvalue weighted by molar-refractivity contribution is -0.384. The first kappa shape index (κ1) is 17.8. The third kappa shape index (κ3) is 3.80. The number of thioether (sulfide) groups is 1. The molecule has 0 fully saturated rings. The van der Waals surface area contributed by atoms with Crippen molar-refractivity contribution in [2.45, 2.75) is 17.7 Å². The van der Waals surface area contributed by atoms with Crippen molar-refractivity contribution < 1.29 is 9.31 Å². The molecule has 0 atom stereocenters. The van der Waals surface area contributed by atoms with Crippen LogP contribution in [-0.2, 0) is 5.75 Å². The summed E-state index contributed by atoms with van der Waals surface area (Å²) in [6.45, 7) is 1.65. The number of aromatic nitrogens is 2. The minimum atomic E-state index is -0.464. The van der Waals surface area contributed by atoms with Gasteiger partial charge in [-0.1, -0.05) is 30.0 Å². The van der Waals surface area contributed by atoms with Crippen LogP contribution in [0.15, 0.2) is 64.7 Å². The van der Waals surface area contributed by atoms with Gasteiger partial charge >= 0.3 is 0 Å². The van der Waals surface area contributed by atoms with Gasteiger partial charge in [-0.15, -0.1) is 0 Å². The summed E-state index contributed by atoms with van der Waals surface area (Å²) >= 11 is 1.18. The molecule has 3 rings (SSSR count). The van der Waals surface area contributed by atoms with E-state index in [0.717, 1.165) is 0 Å². The molecule has 0 amide bonds. The van der Waals surface area contributed by atoms with E-state index in [4.69, 9.17) is 0 Å². The molecule has 132 valence electrons. The molecule has 0 bridgehead atoms. The Hall–Kier alpha value is -3.00. The standard InChI is InChI=1S/C18H14FN3O3S/c1-12-5-6-14(10-16(12)19)21-8-7-20-17(18(21)23)26-11-13-3-2-4-15(9-13)22(24)25/h2-10H,11H2,1H3. The van der Waals surface area contributed by atoms with E-state index in [1.54, 1.807) is 31.2 Å². The molecule has 0 unspecified atom stereocenters. The fourth-order valence-corrected chi connectivity index (χ4v) is 3.18. The van der Waals surface area contributed by atoms with Gasteiger partial charge in [0, 0.05) is 30.3 Å². The highest BCUT2D eigenvalue weighted by molar-refractivity contribution is 7.98. The van der Waals surface area contributed by atoms with Gasteiger partial charge in [-0.05, 0) is 30.2 Å². The topological polar surface area (TPSA) is 78.0 Å². The van der Waals surface area contributed by atoms with E-state index in [9.17, 15) is 19.3 Å². The normalized spacial score (nSPS) is 10.7. The van der Waals surface area contributed by atoms with Gasteiger partial charge in [-0.25, -0.2) is 9.37 Å². The molecule has 0 saturated carbocycles. The van der Waals surface area contributed by atoms with Crippen molar-refractivity contribution in [2.75, 3.05) is 0 Å². The van der Waals surface area contributed by atoms with E-state index in [1.165, 1.54) is 46.9 Å². The zero-order chi connectivity index (χ0) is 18.7. The summed E-state index contributed by atoms with van der Waals surface area (Å²) in [4.78, 5) is 27.1. The molecule has 0 saturated heterocycles. The number of benzene rings is 2. The summed E-state index contributed by atoms with van der Waals surface area (Å²) in [6.07, 6.45) is 2.94. The molecular weight excluding hydrogens is 357 g/mol. The quantitative estimate of drug-likeness (QED) is 0.386. The molecule has 8 heteroatoms. The number of nitro benzene ring substituents is 1. The molecule has 0 N–H and O–H groups in total. The lowest BCUT2D eigenvalue weighted by atomic mass is 10.2. The Kier molecular flexibility index (Phi) is 5.13. The van der Waals surface area contributed by atoms with Crippen LogP contribution >= 0.6 is 11.8 Å². The van der Waals surface area contributed by atoms with Crippen LogP contribution in [0.5, 0.6) is 0 Å². The molecule has 6 nitrogen and oxygen atoms in total. The fourth-order valence-electron chi connectivity index (χ4n) is 2.34. The summed E-state index contributed by atoms with van der Waals surface area (Å²) in [7, 11) is 0. The molecule has 0 aliphatic heterocycles. The van der Waals surface area contributed by atoms with Crippen molar-refractivity contribution in [3.8, 4) is 5.69 Å². The lowest BCUT2D eigenvalue weighted by Crippen LogP contribution is -2.20. The molecule has 0 spiro atoms. The van der Waals surface area contributed by atoms with Crippen molar-refractivity contribution in [2.24, 2.45) is 0 Å². The molecular formula is C18H14FN3O3S. The number of hydrogen-bond donors (Lipinski definition) is 0. The number of halogens is 1. The van der Waals surface area contributed by atoms with Gasteiger partial charge in [-0.2, -0.15) is 0 Å². The zero-order valence-corrected chi connectivity index (χ0v) is 14.6. The van der Waals surface area contributed by atoms with Crippen LogP contribution in [0.4, 0.5) is 10.1 Å². The Morgan fingerprint density at radius 2 is 2.08 bits per heavy atom. The second-order valence-corrected chi connectivity index (χ2v) is 6.52. The first-order chi connectivity index (χ1) is 12.5. The number of non-ortho nitro benzene ring substituents is 1. The first-order valence-electron chi connectivity index (χ1n) is 7.66. The SMILES string of the molecule is Cc1ccc(-n2ccnc(SCc3cccc([N+](=O)[O-])c3)c2=O)cc1F. The number of aryl methyl sites for hydroxylation is 1. The van der Waals surface area contributed by atoms with Crippen molar-refractivity contribution in [3.05, 3.63) is 92.3 Å². The highest BCUT2D eigenvalue weighted by Crippen LogP contribution is 2.21. The second-order valence-electron chi connectivity index (χ2n) is 5.56. The van der Waals surface area contributed by atoms with Gasteiger partial charge in [-0.3, -0.25) is 19.5 Å². The summed E-state index contributed by atoms with van der Waals surface area (Å²) in [5.74, 6) is -0.0343. The molecule has 26 heavy (non-hydrogen) atoms. The smallest absolute Gasteiger partial charge is 0.280 e. The molecule has 2 aromatic carbocycles. The summed E-state index contributed by atoms with van der Waals surface area (Å²) < 4.78 is 15.1. The van der Waals surface area contributed by atoms with Crippen molar-refractivity contribution >= 4 is 17.4 Å². The van der Waals surface area contributed by atoms with Gasteiger partial charge in [0.05, 0.1) is 10.6 Å². The van der Waals surface area contributed by atoms with Crippen LogP contribution in [-0.4, -0.2) is 14.5 Å². The van der Waals surface area contributed by atoms with Gasteiger partial charge in [0.15, 0.2) is 5.03 Å². The summed E-state index contributed by atoms with van der Waals surface area (Å²) in [5, 5.41) is 11.1. The second kappa shape index (κ2) is 7.49. The van der Waals surface area contributed by atoms with Crippen LogP contribution in [0.1, 0.15) is 11.1 Å². The number of nitrogens with zero attached hydrogens (tertiary/aromatic N) is 3. The van der Waals surface area contributed by atoms with E-state index in [-0.39, 0.29) is 16.3 Å². The van der Waals surface area contributed by atoms with Crippen molar-refractivity contribution in [1.82, 2.24) is 9.55 Å². The summed E-state index contributed by atoms with van der Waals surface area (Å²) in [6, 6.07) is 10.8. The Balaban J connectivity index is 1.86. The number of hydrogen-bond acceptors (Lipinski definition) is 5. The van der Waals surface area contributed by atoms with E-state index in [2.05, 4.69) is 4.98 Å². The predicted octanol–water partition coefficient (Wildman–Crippen LogP) is 3.88. The van der Waals surface area contributed by atoms with Gasteiger partial charge in [0.2, 0.25) is 0 Å². The molecule has 0 aliphatic rings. The maximum Gasteiger partial charge on any atom is 0.287 e. The molecule has 0 radical (unpaired) electrons. The number of nitro groups is 1. The highest BCUT2D eigenvalue weighted by atomic mass is 32.2. The third-order valence-electron chi connectivity index (χ3n) is 3.74. The summed E-state index contributed by atoms with van der Waals surface area (Å²) in [5.41, 5.74) is 1.25. The van der Waals surface area contributed by atoms with E-state index in [1.807, 2.05) is 0 Å². The van der Waals surface area contributed by atoms with Gasteiger partial charge in [0.25, 0.3) is 11.2 Å². The fraction of sp³-hybridized carbons (Fsp3) is 0.111. The zero-order valence-electron chi connectivity index (χ0n) is 13.8. The monoisotopic (exact) mass is 371 g/mol.